The van der Waals surface area contributed by atoms with E-state index in [4.69, 9.17) is 0 Å². The number of phenols is 1. The monoisotopic (exact) mass is 175 g/mol. The van der Waals surface area contributed by atoms with Gasteiger partial charge in [0.25, 0.3) is 0 Å². The molecular weight excluding hydrogens is 162 g/mol. The highest BCUT2D eigenvalue weighted by Crippen LogP contribution is 2.48. The number of rotatable bonds is 0. The van der Waals surface area contributed by atoms with E-state index in [0.717, 1.165) is 11.3 Å². The fourth-order valence-corrected chi connectivity index (χ4v) is 2.75. The van der Waals surface area contributed by atoms with E-state index in [-0.39, 0.29) is 0 Å². The molecule has 1 aromatic rings. The van der Waals surface area contributed by atoms with Crippen LogP contribution in [0.2, 0.25) is 0 Å². The number of anilines is 1. The van der Waals surface area contributed by atoms with Gasteiger partial charge in [-0.15, -0.1) is 0 Å². The predicted molar refractivity (Wildman–Crippen MR) is 52.1 cm³/mol. The van der Waals surface area contributed by atoms with Gasteiger partial charge in [0, 0.05) is 23.2 Å². The van der Waals surface area contributed by atoms with Crippen LogP contribution in [0, 0.1) is 0 Å². The number of hydrogen-bond donors (Lipinski definition) is 2. The van der Waals surface area contributed by atoms with Crippen molar-refractivity contribution in [1.82, 2.24) is 0 Å². The maximum absolute atomic E-state index is 9.74. The molecule has 68 valence electrons. The fourth-order valence-electron chi connectivity index (χ4n) is 2.75. The average molecular weight is 175 g/mol. The summed E-state index contributed by atoms with van der Waals surface area (Å²) in [5.41, 5.74) is 2.31. The van der Waals surface area contributed by atoms with Crippen molar-refractivity contribution in [3.63, 3.8) is 0 Å². The summed E-state index contributed by atoms with van der Waals surface area (Å²) >= 11 is 0. The summed E-state index contributed by atoms with van der Waals surface area (Å²) in [6, 6.07) is 6.35. The number of phenolic OH excluding ortho intramolecular Hbond substituents is 1. The molecule has 0 aromatic heterocycles. The van der Waals surface area contributed by atoms with E-state index in [9.17, 15) is 5.11 Å². The largest absolute Gasteiger partial charge is 0.508 e. The van der Waals surface area contributed by atoms with E-state index in [1.54, 1.807) is 6.07 Å². The molecule has 1 heterocycles. The maximum Gasteiger partial charge on any atom is 0.121 e. The minimum absolute atomic E-state index is 0.472. The van der Waals surface area contributed by atoms with Crippen LogP contribution in [-0.4, -0.2) is 11.1 Å². The SMILES string of the molecule is Oc1cccc2c1C1CCCC1N2. The first-order valence-corrected chi connectivity index (χ1v) is 4.94. The van der Waals surface area contributed by atoms with Gasteiger partial charge in [0.1, 0.15) is 5.75 Å². The molecule has 0 amide bonds. The van der Waals surface area contributed by atoms with Gasteiger partial charge in [-0.3, -0.25) is 0 Å². The Balaban J connectivity index is 2.14. The third-order valence-corrected chi connectivity index (χ3v) is 3.31. The summed E-state index contributed by atoms with van der Waals surface area (Å²) in [4.78, 5) is 0. The molecule has 2 nitrogen and oxygen atoms in total. The van der Waals surface area contributed by atoms with Gasteiger partial charge in [-0.25, -0.2) is 0 Å². The molecule has 2 atom stereocenters. The van der Waals surface area contributed by atoms with Gasteiger partial charge >= 0.3 is 0 Å². The van der Waals surface area contributed by atoms with Gasteiger partial charge in [0.2, 0.25) is 0 Å². The number of benzene rings is 1. The molecule has 13 heavy (non-hydrogen) atoms. The molecular formula is C11H13NO. The zero-order valence-corrected chi connectivity index (χ0v) is 7.46. The van der Waals surface area contributed by atoms with Crippen molar-refractivity contribution in [3.05, 3.63) is 23.8 Å². The fraction of sp³-hybridized carbons (Fsp3) is 0.455. The zero-order chi connectivity index (χ0) is 8.84. The molecule has 2 heteroatoms. The van der Waals surface area contributed by atoms with Gasteiger partial charge in [0.15, 0.2) is 0 Å². The smallest absolute Gasteiger partial charge is 0.121 e. The molecule has 0 spiro atoms. The Hall–Kier alpha value is -1.18. The molecule has 1 saturated carbocycles. The molecule has 1 aliphatic heterocycles. The lowest BCUT2D eigenvalue weighted by Gasteiger charge is -2.09. The topological polar surface area (TPSA) is 32.3 Å². The minimum atomic E-state index is 0.472. The zero-order valence-electron chi connectivity index (χ0n) is 7.46. The van der Waals surface area contributed by atoms with E-state index < -0.39 is 0 Å². The van der Waals surface area contributed by atoms with Crippen molar-refractivity contribution in [1.29, 1.82) is 0 Å². The molecule has 1 aromatic carbocycles. The van der Waals surface area contributed by atoms with E-state index in [1.165, 1.54) is 19.3 Å². The van der Waals surface area contributed by atoms with Crippen LogP contribution in [0.25, 0.3) is 0 Å². The summed E-state index contributed by atoms with van der Waals surface area (Å²) < 4.78 is 0. The lowest BCUT2D eigenvalue weighted by Crippen LogP contribution is -2.13. The molecule has 0 saturated heterocycles. The van der Waals surface area contributed by atoms with Gasteiger partial charge in [-0.2, -0.15) is 0 Å². The van der Waals surface area contributed by atoms with E-state index in [1.807, 2.05) is 6.07 Å². The van der Waals surface area contributed by atoms with Crippen LogP contribution < -0.4 is 5.32 Å². The first kappa shape index (κ1) is 7.25. The molecule has 2 N–H and O–H groups in total. The van der Waals surface area contributed by atoms with Crippen molar-refractivity contribution < 1.29 is 5.11 Å². The Kier molecular flexibility index (Phi) is 1.34. The second-order valence-corrected chi connectivity index (χ2v) is 4.03. The predicted octanol–water partition coefficient (Wildman–Crippen LogP) is 2.45. The molecule has 2 aliphatic rings. The van der Waals surface area contributed by atoms with Crippen molar-refractivity contribution in [2.75, 3.05) is 5.32 Å². The van der Waals surface area contributed by atoms with Crippen molar-refractivity contribution in [3.8, 4) is 5.75 Å². The van der Waals surface area contributed by atoms with E-state index in [2.05, 4.69) is 11.4 Å². The van der Waals surface area contributed by atoms with Crippen LogP contribution in [0.3, 0.4) is 0 Å². The van der Waals surface area contributed by atoms with Crippen LogP contribution in [-0.2, 0) is 0 Å². The lowest BCUT2D eigenvalue weighted by molar-refractivity contribution is 0.463. The molecule has 0 radical (unpaired) electrons. The van der Waals surface area contributed by atoms with E-state index in [0.29, 0.717) is 17.7 Å². The number of hydrogen-bond acceptors (Lipinski definition) is 2. The standard InChI is InChI=1S/C11H13NO/c13-10-6-2-5-9-11(10)7-3-1-4-8(7)12-9/h2,5-8,12-13H,1,3-4H2. The van der Waals surface area contributed by atoms with Crippen molar-refractivity contribution >= 4 is 5.69 Å². The normalized spacial score (nSPS) is 29.5. The van der Waals surface area contributed by atoms with Gasteiger partial charge in [0.05, 0.1) is 0 Å². The highest BCUT2D eigenvalue weighted by Gasteiger charge is 2.37. The average Bonchev–Trinajstić information content (AvgIpc) is 2.62. The second kappa shape index (κ2) is 2.41. The Morgan fingerprint density at radius 3 is 3.15 bits per heavy atom. The van der Waals surface area contributed by atoms with Crippen LogP contribution >= 0.6 is 0 Å². The third-order valence-electron chi connectivity index (χ3n) is 3.31. The Labute approximate surface area is 77.6 Å². The minimum Gasteiger partial charge on any atom is -0.508 e. The van der Waals surface area contributed by atoms with Crippen LogP contribution in [0.1, 0.15) is 30.7 Å². The first-order chi connectivity index (χ1) is 6.36. The maximum atomic E-state index is 9.74. The van der Waals surface area contributed by atoms with Gasteiger partial charge < -0.3 is 10.4 Å². The molecule has 0 bridgehead atoms. The lowest BCUT2D eigenvalue weighted by atomic mass is 9.97. The molecule has 3 rings (SSSR count). The molecule has 1 fully saturated rings. The number of nitrogens with one attached hydrogen (secondary N) is 1. The quantitative estimate of drug-likeness (QED) is 0.634. The van der Waals surface area contributed by atoms with Gasteiger partial charge in [-0.05, 0) is 25.0 Å². The summed E-state index contributed by atoms with van der Waals surface area (Å²) in [6.45, 7) is 0. The third kappa shape index (κ3) is 0.886. The van der Waals surface area contributed by atoms with Crippen LogP contribution in [0.4, 0.5) is 5.69 Å². The number of aromatic hydroxyl groups is 1. The number of fused-ring (bicyclic) bond motifs is 3. The van der Waals surface area contributed by atoms with E-state index >= 15 is 0 Å². The Bertz CT molecular complexity index is 348. The summed E-state index contributed by atoms with van der Waals surface area (Å²) in [6.07, 6.45) is 3.76. The summed E-state index contributed by atoms with van der Waals surface area (Å²) in [7, 11) is 0. The van der Waals surface area contributed by atoms with Crippen LogP contribution in [0.15, 0.2) is 18.2 Å². The molecule has 1 aliphatic carbocycles. The van der Waals surface area contributed by atoms with Gasteiger partial charge in [-0.1, -0.05) is 12.5 Å². The highest BCUT2D eigenvalue weighted by atomic mass is 16.3. The Morgan fingerprint density at radius 1 is 1.31 bits per heavy atom. The van der Waals surface area contributed by atoms with Crippen LogP contribution in [0.5, 0.6) is 5.75 Å². The Morgan fingerprint density at radius 2 is 2.23 bits per heavy atom. The highest BCUT2D eigenvalue weighted by molar-refractivity contribution is 5.64. The second-order valence-electron chi connectivity index (χ2n) is 4.03. The summed E-state index contributed by atoms with van der Waals surface area (Å²) in [5, 5.41) is 13.2. The van der Waals surface area contributed by atoms with Crippen molar-refractivity contribution in [2.24, 2.45) is 0 Å². The summed E-state index contributed by atoms with van der Waals surface area (Å²) in [5.74, 6) is 1.04. The van der Waals surface area contributed by atoms with Crippen molar-refractivity contribution in [2.45, 2.75) is 31.2 Å². The first-order valence-electron chi connectivity index (χ1n) is 4.94. The molecule has 2 unspecified atom stereocenters.